The summed E-state index contributed by atoms with van der Waals surface area (Å²) in [6.45, 7) is 4.11. The lowest BCUT2D eigenvalue weighted by Gasteiger charge is -2.17. The van der Waals surface area contributed by atoms with Gasteiger partial charge in [0.25, 0.3) is 0 Å². The monoisotopic (exact) mass is 241 g/mol. The molecule has 0 spiro atoms. The van der Waals surface area contributed by atoms with Crippen LogP contribution >= 0.6 is 0 Å². The Bertz CT molecular complexity index is 486. The zero-order valence-electron chi connectivity index (χ0n) is 11.0. The molecule has 0 aromatic heterocycles. The SMILES string of the molecule is Cc1cccc(C(C#N)C(=O)C2CCCC2C)c1. The second-order valence-electron chi connectivity index (χ2n) is 5.39. The van der Waals surface area contributed by atoms with E-state index in [4.69, 9.17) is 0 Å². The predicted molar refractivity (Wildman–Crippen MR) is 71.0 cm³/mol. The van der Waals surface area contributed by atoms with Gasteiger partial charge >= 0.3 is 0 Å². The van der Waals surface area contributed by atoms with Crippen molar-refractivity contribution >= 4 is 5.78 Å². The summed E-state index contributed by atoms with van der Waals surface area (Å²) in [4.78, 5) is 12.5. The fourth-order valence-corrected chi connectivity index (χ4v) is 2.93. The van der Waals surface area contributed by atoms with Gasteiger partial charge in [-0.3, -0.25) is 4.79 Å². The van der Waals surface area contributed by atoms with E-state index in [2.05, 4.69) is 13.0 Å². The number of benzene rings is 1. The Hall–Kier alpha value is -1.62. The molecule has 94 valence electrons. The molecule has 0 N–H and O–H groups in total. The Morgan fingerprint density at radius 2 is 2.22 bits per heavy atom. The molecule has 1 saturated carbocycles. The molecule has 2 heteroatoms. The number of ketones is 1. The lowest BCUT2D eigenvalue weighted by molar-refractivity contribution is -0.124. The van der Waals surface area contributed by atoms with Crippen molar-refractivity contribution in [3.05, 3.63) is 35.4 Å². The molecular weight excluding hydrogens is 222 g/mol. The Morgan fingerprint density at radius 1 is 1.44 bits per heavy atom. The van der Waals surface area contributed by atoms with E-state index in [0.717, 1.165) is 30.4 Å². The highest BCUT2D eigenvalue weighted by Crippen LogP contribution is 2.35. The molecule has 1 aliphatic rings. The summed E-state index contributed by atoms with van der Waals surface area (Å²) in [6.07, 6.45) is 3.18. The Labute approximate surface area is 109 Å². The highest BCUT2D eigenvalue weighted by atomic mass is 16.1. The first-order chi connectivity index (χ1) is 8.63. The van der Waals surface area contributed by atoms with Crippen LogP contribution in [0.5, 0.6) is 0 Å². The molecule has 0 saturated heterocycles. The van der Waals surface area contributed by atoms with Gasteiger partial charge in [0.2, 0.25) is 0 Å². The summed E-state index contributed by atoms with van der Waals surface area (Å²) in [6, 6.07) is 9.93. The minimum Gasteiger partial charge on any atom is -0.298 e. The van der Waals surface area contributed by atoms with Crippen LogP contribution in [0.1, 0.15) is 43.2 Å². The molecule has 3 unspecified atom stereocenters. The lowest BCUT2D eigenvalue weighted by Crippen LogP contribution is -2.23. The van der Waals surface area contributed by atoms with E-state index in [1.54, 1.807) is 0 Å². The minimum atomic E-state index is -0.588. The van der Waals surface area contributed by atoms with Crippen LogP contribution in [-0.4, -0.2) is 5.78 Å². The molecule has 3 atom stereocenters. The van der Waals surface area contributed by atoms with Gasteiger partial charge in [0.15, 0.2) is 5.78 Å². The molecule has 1 aromatic carbocycles. The number of nitrogens with zero attached hydrogens (tertiary/aromatic N) is 1. The van der Waals surface area contributed by atoms with Crippen molar-refractivity contribution in [3.63, 3.8) is 0 Å². The number of carbonyl (C=O) groups excluding carboxylic acids is 1. The third kappa shape index (κ3) is 2.46. The molecule has 18 heavy (non-hydrogen) atoms. The molecule has 1 aliphatic carbocycles. The van der Waals surface area contributed by atoms with E-state index in [9.17, 15) is 10.1 Å². The van der Waals surface area contributed by atoms with Crippen molar-refractivity contribution in [3.8, 4) is 6.07 Å². The molecular formula is C16H19NO. The maximum absolute atomic E-state index is 12.5. The summed E-state index contributed by atoms with van der Waals surface area (Å²) < 4.78 is 0. The molecule has 2 rings (SSSR count). The highest BCUT2D eigenvalue weighted by Gasteiger charge is 2.34. The van der Waals surface area contributed by atoms with E-state index in [-0.39, 0.29) is 11.7 Å². The first-order valence-corrected chi connectivity index (χ1v) is 6.63. The average Bonchev–Trinajstić information content (AvgIpc) is 2.76. The first kappa shape index (κ1) is 12.8. The van der Waals surface area contributed by atoms with Crippen molar-refractivity contribution in [2.24, 2.45) is 11.8 Å². The van der Waals surface area contributed by atoms with Crippen LogP contribution in [0.3, 0.4) is 0 Å². The molecule has 0 bridgehead atoms. The predicted octanol–water partition coefficient (Wildman–Crippen LogP) is 3.61. The van der Waals surface area contributed by atoms with Gasteiger partial charge in [0, 0.05) is 5.92 Å². The van der Waals surface area contributed by atoms with Crippen molar-refractivity contribution in [1.82, 2.24) is 0 Å². The molecule has 0 heterocycles. The van der Waals surface area contributed by atoms with Gasteiger partial charge in [-0.05, 0) is 31.2 Å². The second kappa shape index (κ2) is 5.35. The summed E-state index contributed by atoms with van der Waals surface area (Å²) in [5.41, 5.74) is 1.95. The largest absolute Gasteiger partial charge is 0.298 e. The van der Waals surface area contributed by atoms with Crippen LogP contribution in [0.2, 0.25) is 0 Å². The van der Waals surface area contributed by atoms with Gasteiger partial charge in [-0.2, -0.15) is 5.26 Å². The summed E-state index contributed by atoms with van der Waals surface area (Å²) in [7, 11) is 0. The van der Waals surface area contributed by atoms with Crippen LogP contribution in [0.25, 0.3) is 0 Å². The van der Waals surface area contributed by atoms with Gasteiger partial charge in [-0.15, -0.1) is 0 Å². The van der Waals surface area contributed by atoms with Crippen LogP contribution < -0.4 is 0 Å². The fraction of sp³-hybridized carbons (Fsp3) is 0.500. The van der Waals surface area contributed by atoms with Crippen LogP contribution in [0.4, 0.5) is 0 Å². The van der Waals surface area contributed by atoms with Gasteiger partial charge in [-0.25, -0.2) is 0 Å². The molecule has 0 aliphatic heterocycles. The number of aryl methyl sites for hydroxylation is 1. The van der Waals surface area contributed by atoms with Crippen LogP contribution in [0, 0.1) is 30.1 Å². The smallest absolute Gasteiger partial charge is 0.157 e. The molecule has 1 aromatic rings. The van der Waals surface area contributed by atoms with Gasteiger partial charge in [0.1, 0.15) is 5.92 Å². The minimum absolute atomic E-state index is 0.0789. The molecule has 0 radical (unpaired) electrons. The van der Waals surface area contributed by atoms with Crippen molar-refractivity contribution in [2.75, 3.05) is 0 Å². The molecule has 2 nitrogen and oxygen atoms in total. The maximum Gasteiger partial charge on any atom is 0.157 e. The fourth-order valence-electron chi connectivity index (χ4n) is 2.93. The zero-order valence-corrected chi connectivity index (χ0v) is 11.0. The van der Waals surface area contributed by atoms with E-state index in [1.807, 2.05) is 31.2 Å². The van der Waals surface area contributed by atoms with E-state index < -0.39 is 5.92 Å². The number of Topliss-reactive ketones (excluding diaryl/α,β-unsaturated/α-hetero) is 1. The van der Waals surface area contributed by atoms with Crippen molar-refractivity contribution < 1.29 is 4.79 Å². The standard InChI is InChI=1S/C16H19NO/c1-11-5-3-7-13(9-11)15(10-17)16(18)14-8-4-6-12(14)2/h3,5,7,9,12,14-15H,4,6,8H2,1-2H3. The lowest BCUT2D eigenvalue weighted by atomic mass is 9.83. The van der Waals surface area contributed by atoms with Crippen molar-refractivity contribution in [1.29, 1.82) is 5.26 Å². The Balaban J connectivity index is 2.24. The van der Waals surface area contributed by atoms with Crippen LogP contribution in [0.15, 0.2) is 24.3 Å². The Kier molecular flexibility index (Phi) is 3.81. The normalized spacial score (nSPS) is 24.5. The van der Waals surface area contributed by atoms with Gasteiger partial charge in [0.05, 0.1) is 6.07 Å². The van der Waals surface area contributed by atoms with E-state index in [1.165, 1.54) is 0 Å². The Morgan fingerprint density at radius 3 is 2.78 bits per heavy atom. The number of carbonyl (C=O) groups is 1. The summed E-state index contributed by atoms with van der Waals surface area (Å²) in [5, 5.41) is 9.32. The summed E-state index contributed by atoms with van der Waals surface area (Å²) in [5.74, 6) is 0.0388. The third-order valence-electron chi connectivity index (χ3n) is 4.02. The average molecular weight is 241 g/mol. The summed E-state index contributed by atoms with van der Waals surface area (Å²) >= 11 is 0. The number of nitriles is 1. The highest BCUT2D eigenvalue weighted by molar-refractivity contribution is 5.90. The topological polar surface area (TPSA) is 40.9 Å². The zero-order chi connectivity index (χ0) is 13.1. The third-order valence-corrected chi connectivity index (χ3v) is 4.02. The quantitative estimate of drug-likeness (QED) is 0.811. The second-order valence-corrected chi connectivity index (χ2v) is 5.39. The number of rotatable bonds is 3. The van der Waals surface area contributed by atoms with Gasteiger partial charge < -0.3 is 0 Å². The number of hydrogen-bond acceptors (Lipinski definition) is 2. The van der Waals surface area contributed by atoms with E-state index >= 15 is 0 Å². The van der Waals surface area contributed by atoms with Crippen molar-refractivity contribution in [2.45, 2.75) is 39.0 Å². The van der Waals surface area contributed by atoms with E-state index in [0.29, 0.717) is 5.92 Å². The van der Waals surface area contributed by atoms with Gasteiger partial charge in [-0.1, -0.05) is 43.2 Å². The number of hydrogen-bond donors (Lipinski definition) is 0. The molecule has 0 amide bonds. The van der Waals surface area contributed by atoms with Crippen LogP contribution in [-0.2, 0) is 4.79 Å². The molecule has 1 fully saturated rings. The maximum atomic E-state index is 12.5. The first-order valence-electron chi connectivity index (χ1n) is 6.63.